The van der Waals surface area contributed by atoms with Crippen LogP contribution in [0.25, 0.3) is 11.0 Å². The summed E-state index contributed by atoms with van der Waals surface area (Å²) in [6.45, 7) is 11.5. The van der Waals surface area contributed by atoms with Crippen molar-refractivity contribution in [3.05, 3.63) is 16.6 Å². The SMILES string of the molecule is CC1CCN(c2nc3c(cnn3C(C)(C)C)c(=O)[nH]2)C1C. The highest BCUT2D eigenvalue weighted by molar-refractivity contribution is 5.74. The van der Waals surface area contributed by atoms with Crippen molar-refractivity contribution in [3.8, 4) is 0 Å². The molecule has 114 valence electrons. The lowest BCUT2D eigenvalue weighted by atomic mass is 10.1. The smallest absolute Gasteiger partial charge is 0.263 e. The van der Waals surface area contributed by atoms with Crippen molar-refractivity contribution in [2.75, 3.05) is 11.4 Å². The fourth-order valence-electron chi connectivity index (χ4n) is 2.93. The topological polar surface area (TPSA) is 66.8 Å². The molecule has 21 heavy (non-hydrogen) atoms. The Balaban J connectivity index is 2.16. The lowest BCUT2D eigenvalue weighted by molar-refractivity contribution is 0.366. The molecular formula is C15H23N5O. The molecule has 0 spiro atoms. The summed E-state index contributed by atoms with van der Waals surface area (Å²) in [5.74, 6) is 1.27. The van der Waals surface area contributed by atoms with Gasteiger partial charge in [-0.3, -0.25) is 9.78 Å². The molecule has 1 N–H and O–H groups in total. The molecule has 1 saturated heterocycles. The highest BCUT2D eigenvalue weighted by Crippen LogP contribution is 2.27. The molecule has 2 atom stereocenters. The van der Waals surface area contributed by atoms with Crippen LogP contribution in [0.2, 0.25) is 0 Å². The molecule has 0 aromatic carbocycles. The minimum absolute atomic E-state index is 0.114. The van der Waals surface area contributed by atoms with Crippen LogP contribution in [-0.2, 0) is 5.54 Å². The Morgan fingerprint density at radius 1 is 1.33 bits per heavy atom. The van der Waals surface area contributed by atoms with E-state index in [9.17, 15) is 4.79 Å². The van der Waals surface area contributed by atoms with Crippen molar-refractivity contribution in [1.82, 2.24) is 19.7 Å². The van der Waals surface area contributed by atoms with Gasteiger partial charge < -0.3 is 4.90 Å². The third-order valence-electron chi connectivity index (χ3n) is 4.47. The van der Waals surface area contributed by atoms with Gasteiger partial charge in [-0.25, -0.2) is 4.68 Å². The van der Waals surface area contributed by atoms with Crippen molar-refractivity contribution < 1.29 is 0 Å². The second-order valence-corrected chi connectivity index (χ2v) is 7.05. The van der Waals surface area contributed by atoms with E-state index in [1.54, 1.807) is 6.20 Å². The number of hydrogen-bond donors (Lipinski definition) is 1. The van der Waals surface area contributed by atoms with Crippen LogP contribution in [0, 0.1) is 5.92 Å². The number of fused-ring (bicyclic) bond motifs is 1. The molecular weight excluding hydrogens is 266 g/mol. The molecule has 0 bridgehead atoms. The standard InChI is InChI=1S/C15H23N5O/c1-9-6-7-19(10(9)2)14-17-12-11(13(21)18-14)8-16-20(12)15(3,4)5/h8-10H,6-7H2,1-5H3,(H,17,18,21). The van der Waals surface area contributed by atoms with Gasteiger partial charge in [0.25, 0.3) is 5.56 Å². The number of hydrogen-bond acceptors (Lipinski definition) is 4. The fraction of sp³-hybridized carbons (Fsp3) is 0.667. The molecule has 2 aromatic heterocycles. The van der Waals surface area contributed by atoms with Crippen molar-refractivity contribution in [3.63, 3.8) is 0 Å². The Bertz CT molecular complexity index is 724. The summed E-state index contributed by atoms with van der Waals surface area (Å²) in [6, 6.07) is 0.386. The normalized spacial score (nSPS) is 23.2. The summed E-state index contributed by atoms with van der Waals surface area (Å²) >= 11 is 0. The second-order valence-electron chi connectivity index (χ2n) is 7.05. The summed E-state index contributed by atoms with van der Waals surface area (Å²) in [6.07, 6.45) is 2.73. The first-order valence-electron chi connectivity index (χ1n) is 7.54. The van der Waals surface area contributed by atoms with Gasteiger partial charge in [0, 0.05) is 12.6 Å². The van der Waals surface area contributed by atoms with Crippen LogP contribution in [0.3, 0.4) is 0 Å². The molecule has 2 unspecified atom stereocenters. The predicted molar refractivity (Wildman–Crippen MR) is 83.7 cm³/mol. The predicted octanol–water partition coefficient (Wildman–Crippen LogP) is 2.11. The Hall–Kier alpha value is -1.85. The van der Waals surface area contributed by atoms with E-state index in [0.29, 0.717) is 28.9 Å². The van der Waals surface area contributed by atoms with Gasteiger partial charge >= 0.3 is 0 Å². The number of aromatic amines is 1. The molecule has 0 radical (unpaired) electrons. The fourth-order valence-corrected chi connectivity index (χ4v) is 2.93. The molecule has 3 heterocycles. The monoisotopic (exact) mass is 289 g/mol. The zero-order chi connectivity index (χ0) is 15.4. The third kappa shape index (κ3) is 2.22. The van der Waals surface area contributed by atoms with Crippen LogP contribution in [-0.4, -0.2) is 32.3 Å². The van der Waals surface area contributed by atoms with Gasteiger partial charge in [-0.05, 0) is 40.0 Å². The molecule has 6 nitrogen and oxygen atoms in total. The second kappa shape index (κ2) is 4.58. The summed E-state index contributed by atoms with van der Waals surface area (Å²) in [5, 5.41) is 4.89. The molecule has 0 aliphatic carbocycles. The average Bonchev–Trinajstić information content (AvgIpc) is 2.94. The Morgan fingerprint density at radius 2 is 2.05 bits per heavy atom. The molecule has 1 fully saturated rings. The first kappa shape index (κ1) is 14.1. The van der Waals surface area contributed by atoms with E-state index in [1.807, 2.05) is 4.68 Å². The maximum absolute atomic E-state index is 12.3. The Labute approximate surface area is 124 Å². The Kier molecular flexibility index (Phi) is 3.07. The maximum Gasteiger partial charge on any atom is 0.263 e. The largest absolute Gasteiger partial charge is 0.339 e. The van der Waals surface area contributed by atoms with Gasteiger partial charge in [0.1, 0.15) is 5.39 Å². The lowest BCUT2D eigenvalue weighted by Crippen LogP contribution is -2.32. The van der Waals surface area contributed by atoms with Crippen LogP contribution in [0.1, 0.15) is 41.0 Å². The molecule has 2 aromatic rings. The highest BCUT2D eigenvalue weighted by Gasteiger charge is 2.30. The van der Waals surface area contributed by atoms with E-state index in [0.717, 1.165) is 13.0 Å². The first-order chi connectivity index (χ1) is 9.79. The van der Waals surface area contributed by atoms with Gasteiger partial charge in [0.05, 0.1) is 11.7 Å². The van der Waals surface area contributed by atoms with Crippen LogP contribution in [0.15, 0.2) is 11.0 Å². The third-order valence-corrected chi connectivity index (χ3v) is 4.47. The summed E-state index contributed by atoms with van der Waals surface area (Å²) in [5.41, 5.74) is 0.342. The summed E-state index contributed by atoms with van der Waals surface area (Å²) in [7, 11) is 0. The number of anilines is 1. The van der Waals surface area contributed by atoms with Gasteiger partial charge in [-0.2, -0.15) is 10.1 Å². The zero-order valence-corrected chi connectivity index (χ0v) is 13.3. The first-order valence-corrected chi connectivity index (χ1v) is 7.54. The molecule has 3 rings (SSSR count). The van der Waals surface area contributed by atoms with Crippen molar-refractivity contribution in [2.45, 2.75) is 52.6 Å². The van der Waals surface area contributed by atoms with Gasteiger partial charge in [0.15, 0.2) is 5.65 Å². The summed E-state index contributed by atoms with van der Waals surface area (Å²) < 4.78 is 1.82. The van der Waals surface area contributed by atoms with E-state index in [-0.39, 0.29) is 11.1 Å². The van der Waals surface area contributed by atoms with E-state index < -0.39 is 0 Å². The minimum atomic E-state index is -0.205. The van der Waals surface area contributed by atoms with E-state index >= 15 is 0 Å². The molecule has 1 aliphatic rings. The van der Waals surface area contributed by atoms with Crippen LogP contribution in [0.4, 0.5) is 5.95 Å². The van der Waals surface area contributed by atoms with Gasteiger partial charge in [0.2, 0.25) is 5.95 Å². The number of rotatable bonds is 1. The van der Waals surface area contributed by atoms with Crippen molar-refractivity contribution in [2.24, 2.45) is 5.92 Å². The van der Waals surface area contributed by atoms with Gasteiger partial charge in [-0.1, -0.05) is 6.92 Å². The highest BCUT2D eigenvalue weighted by atomic mass is 16.1. The molecule has 1 aliphatic heterocycles. The molecule has 6 heteroatoms. The quantitative estimate of drug-likeness (QED) is 0.873. The van der Waals surface area contributed by atoms with Crippen LogP contribution >= 0.6 is 0 Å². The number of nitrogens with zero attached hydrogens (tertiary/aromatic N) is 4. The van der Waals surface area contributed by atoms with E-state index in [4.69, 9.17) is 4.98 Å². The number of nitrogens with one attached hydrogen (secondary N) is 1. The minimum Gasteiger partial charge on any atom is -0.339 e. The van der Waals surface area contributed by atoms with E-state index in [2.05, 4.69) is 49.6 Å². The van der Waals surface area contributed by atoms with Crippen molar-refractivity contribution >= 4 is 17.0 Å². The van der Waals surface area contributed by atoms with Crippen LogP contribution in [0.5, 0.6) is 0 Å². The maximum atomic E-state index is 12.3. The summed E-state index contributed by atoms with van der Waals surface area (Å²) in [4.78, 5) is 22.1. The number of aromatic nitrogens is 4. The van der Waals surface area contributed by atoms with Crippen LogP contribution < -0.4 is 10.5 Å². The molecule has 0 amide bonds. The Morgan fingerprint density at radius 3 is 2.62 bits per heavy atom. The number of H-pyrrole nitrogens is 1. The van der Waals surface area contributed by atoms with Crippen molar-refractivity contribution in [1.29, 1.82) is 0 Å². The molecule has 0 saturated carbocycles. The zero-order valence-electron chi connectivity index (χ0n) is 13.3. The van der Waals surface area contributed by atoms with E-state index in [1.165, 1.54) is 0 Å². The lowest BCUT2D eigenvalue weighted by Gasteiger charge is -2.24. The average molecular weight is 289 g/mol. The van der Waals surface area contributed by atoms with Gasteiger partial charge in [-0.15, -0.1) is 0 Å².